The topological polar surface area (TPSA) is 107 Å². The van der Waals surface area contributed by atoms with Crippen LogP contribution in [0.1, 0.15) is 0 Å². The molecule has 0 saturated heterocycles. The number of nitrogen functional groups attached to an aromatic ring is 1. The molecule has 0 aliphatic carbocycles. The zero-order chi connectivity index (χ0) is 11.5. The summed E-state index contributed by atoms with van der Waals surface area (Å²) in [5, 5.41) is 6.23. The number of carbonyl (C=O) groups excluding carboxylic acids is 1. The molecule has 6 nitrogen and oxygen atoms in total. The number of primary amides is 1. The number of nitrogens with zero attached hydrogens (tertiary/aromatic N) is 1. The molecule has 0 atom stereocenters. The SMILES string of the molecule is NC(=O)Nc1cccc(-c2cc(N)on2)c1. The van der Waals surface area contributed by atoms with Crippen molar-refractivity contribution in [1.29, 1.82) is 0 Å². The average molecular weight is 218 g/mol. The number of anilines is 2. The number of amides is 2. The fraction of sp³-hybridized carbons (Fsp3) is 0. The number of benzene rings is 1. The highest BCUT2D eigenvalue weighted by molar-refractivity contribution is 5.88. The Morgan fingerprint density at radius 1 is 1.38 bits per heavy atom. The summed E-state index contributed by atoms with van der Waals surface area (Å²) in [5.41, 5.74) is 12.4. The molecule has 2 amide bonds. The van der Waals surface area contributed by atoms with Gasteiger partial charge in [-0.05, 0) is 12.1 Å². The van der Waals surface area contributed by atoms with Gasteiger partial charge in [0.15, 0.2) is 0 Å². The monoisotopic (exact) mass is 218 g/mol. The second-order valence-electron chi connectivity index (χ2n) is 3.18. The predicted octanol–water partition coefficient (Wildman–Crippen LogP) is 1.41. The summed E-state index contributed by atoms with van der Waals surface area (Å²) in [6.45, 7) is 0. The molecular formula is C10H10N4O2. The molecule has 0 unspecified atom stereocenters. The Hall–Kier alpha value is -2.50. The first-order valence-electron chi connectivity index (χ1n) is 4.54. The van der Waals surface area contributed by atoms with E-state index < -0.39 is 6.03 Å². The molecular weight excluding hydrogens is 208 g/mol. The number of carbonyl (C=O) groups is 1. The molecule has 5 N–H and O–H groups in total. The van der Waals surface area contributed by atoms with Gasteiger partial charge in [0.1, 0.15) is 5.69 Å². The summed E-state index contributed by atoms with van der Waals surface area (Å²) in [4.78, 5) is 10.7. The van der Waals surface area contributed by atoms with Gasteiger partial charge < -0.3 is 21.3 Å². The molecule has 1 aromatic carbocycles. The van der Waals surface area contributed by atoms with Crippen molar-refractivity contribution in [2.45, 2.75) is 0 Å². The minimum absolute atomic E-state index is 0.239. The number of nitrogens with two attached hydrogens (primary N) is 2. The highest BCUT2D eigenvalue weighted by Gasteiger charge is 2.05. The Morgan fingerprint density at radius 2 is 2.19 bits per heavy atom. The van der Waals surface area contributed by atoms with E-state index in [1.54, 1.807) is 24.3 Å². The Balaban J connectivity index is 2.32. The Labute approximate surface area is 91.2 Å². The number of nitrogens with one attached hydrogen (secondary N) is 1. The summed E-state index contributed by atoms with van der Waals surface area (Å²) in [6, 6.07) is 8.02. The molecule has 1 aromatic heterocycles. The third-order valence-corrected chi connectivity index (χ3v) is 1.95. The minimum atomic E-state index is -0.614. The van der Waals surface area contributed by atoms with Gasteiger partial charge in [-0.3, -0.25) is 0 Å². The smallest absolute Gasteiger partial charge is 0.316 e. The van der Waals surface area contributed by atoms with Crippen LogP contribution in [0.15, 0.2) is 34.9 Å². The molecule has 0 aliphatic heterocycles. The van der Waals surface area contributed by atoms with E-state index in [1.165, 1.54) is 0 Å². The van der Waals surface area contributed by atoms with Crippen molar-refractivity contribution in [1.82, 2.24) is 5.16 Å². The van der Waals surface area contributed by atoms with Crippen molar-refractivity contribution in [2.24, 2.45) is 5.73 Å². The normalized spacial score (nSPS) is 10.0. The quantitative estimate of drug-likeness (QED) is 0.708. The van der Waals surface area contributed by atoms with Crippen LogP contribution >= 0.6 is 0 Å². The summed E-state index contributed by atoms with van der Waals surface area (Å²) in [6.07, 6.45) is 0. The van der Waals surface area contributed by atoms with Crippen LogP contribution in [0, 0.1) is 0 Å². The predicted molar refractivity (Wildman–Crippen MR) is 59.6 cm³/mol. The third-order valence-electron chi connectivity index (χ3n) is 1.95. The van der Waals surface area contributed by atoms with Gasteiger partial charge in [-0.2, -0.15) is 0 Å². The van der Waals surface area contributed by atoms with Crippen LogP contribution in [0.25, 0.3) is 11.3 Å². The first kappa shape index (κ1) is 10.0. The van der Waals surface area contributed by atoms with Gasteiger partial charge in [-0.25, -0.2) is 4.79 Å². The Bertz CT molecular complexity index is 521. The van der Waals surface area contributed by atoms with Crippen LogP contribution in [-0.4, -0.2) is 11.2 Å². The maximum Gasteiger partial charge on any atom is 0.316 e. The van der Waals surface area contributed by atoms with Crippen LogP contribution < -0.4 is 16.8 Å². The molecule has 0 aliphatic rings. The molecule has 82 valence electrons. The van der Waals surface area contributed by atoms with Gasteiger partial charge in [-0.1, -0.05) is 17.3 Å². The summed E-state index contributed by atoms with van der Waals surface area (Å²) < 4.78 is 4.76. The second-order valence-corrected chi connectivity index (χ2v) is 3.18. The number of rotatable bonds is 2. The first-order valence-corrected chi connectivity index (χ1v) is 4.54. The number of aromatic nitrogens is 1. The van der Waals surface area contributed by atoms with Crippen LogP contribution in [0.2, 0.25) is 0 Å². The van der Waals surface area contributed by atoms with Crippen LogP contribution in [0.4, 0.5) is 16.4 Å². The molecule has 6 heteroatoms. The van der Waals surface area contributed by atoms with Crippen LogP contribution in [0.5, 0.6) is 0 Å². The van der Waals surface area contributed by atoms with Crippen molar-refractivity contribution >= 4 is 17.6 Å². The Morgan fingerprint density at radius 3 is 2.81 bits per heavy atom. The molecule has 2 rings (SSSR count). The molecule has 0 radical (unpaired) electrons. The molecule has 1 heterocycles. The summed E-state index contributed by atoms with van der Waals surface area (Å²) >= 11 is 0. The lowest BCUT2D eigenvalue weighted by Gasteiger charge is -2.02. The maximum absolute atomic E-state index is 10.7. The largest absolute Gasteiger partial charge is 0.368 e. The number of hydrogen-bond acceptors (Lipinski definition) is 4. The zero-order valence-corrected chi connectivity index (χ0v) is 8.31. The molecule has 0 bridgehead atoms. The fourth-order valence-electron chi connectivity index (χ4n) is 1.32. The number of urea groups is 1. The van der Waals surface area contributed by atoms with Crippen molar-refractivity contribution in [3.05, 3.63) is 30.3 Å². The van der Waals surface area contributed by atoms with Gasteiger partial charge in [-0.15, -0.1) is 0 Å². The van der Waals surface area contributed by atoms with E-state index in [9.17, 15) is 4.79 Å². The van der Waals surface area contributed by atoms with E-state index >= 15 is 0 Å². The molecule has 2 aromatic rings. The fourth-order valence-corrected chi connectivity index (χ4v) is 1.32. The van der Waals surface area contributed by atoms with E-state index in [0.29, 0.717) is 11.4 Å². The zero-order valence-electron chi connectivity index (χ0n) is 8.31. The standard InChI is InChI=1S/C10H10N4O2/c11-9-5-8(14-16-9)6-2-1-3-7(4-6)13-10(12)15/h1-5H,11H2,(H3,12,13,15). The highest BCUT2D eigenvalue weighted by Crippen LogP contribution is 2.22. The van der Waals surface area contributed by atoms with Crippen molar-refractivity contribution in [2.75, 3.05) is 11.1 Å². The van der Waals surface area contributed by atoms with E-state index in [2.05, 4.69) is 10.5 Å². The number of hydrogen-bond donors (Lipinski definition) is 3. The van der Waals surface area contributed by atoms with Gasteiger partial charge >= 0.3 is 6.03 Å². The average Bonchev–Trinajstić information content (AvgIpc) is 2.64. The highest BCUT2D eigenvalue weighted by atomic mass is 16.5. The first-order chi connectivity index (χ1) is 7.65. The third kappa shape index (κ3) is 2.11. The van der Waals surface area contributed by atoms with Crippen molar-refractivity contribution < 1.29 is 9.32 Å². The molecule has 0 fully saturated rings. The lowest BCUT2D eigenvalue weighted by Crippen LogP contribution is -2.19. The van der Waals surface area contributed by atoms with Gasteiger partial charge in [0.05, 0.1) is 0 Å². The van der Waals surface area contributed by atoms with Crippen LogP contribution in [-0.2, 0) is 0 Å². The lowest BCUT2D eigenvalue weighted by molar-refractivity contribution is 0.259. The molecule has 16 heavy (non-hydrogen) atoms. The minimum Gasteiger partial charge on any atom is -0.368 e. The van der Waals surface area contributed by atoms with E-state index in [0.717, 1.165) is 5.56 Å². The van der Waals surface area contributed by atoms with Crippen LogP contribution in [0.3, 0.4) is 0 Å². The molecule has 0 saturated carbocycles. The maximum atomic E-state index is 10.7. The van der Waals surface area contributed by atoms with E-state index in [1.807, 2.05) is 6.07 Å². The van der Waals surface area contributed by atoms with Crippen molar-refractivity contribution in [3.63, 3.8) is 0 Å². The van der Waals surface area contributed by atoms with E-state index in [-0.39, 0.29) is 5.88 Å². The second kappa shape index (κ2) is 3.93. The summed E-state index contributed by atoms with van der Waals surface area (Å²) in [5.74, 6) is 0.239. The van der Waals surface area contributed by atoms with Crippen molar-refractivity contribution in [3.8, 4) is 11.3 Å². The van der Waals surface area contributed by atoms with E-state index in [4.69, 9.17) is 16.0 Å². The lowest BCUT2D eigenvalue weighted by atomic mass is 10.1. The molecule has 0 spiro atoms. The summed E-state index contributed by atoms with van der Waals surface area (Å²) in [7, 11) is 0. The van der Waals surface area contributed by atoms with Gasteiger partial charge in [0.25, 0.3) is 0 Å². The Kier molecular flexibility index (Phi) is 2.47. The van der Waals surface area contributed by atoms with Gasteiger partial charge in [0.2, 0.25) is 5.88 Å². The van der Waals surface area contributed by atoms with Gasteiger partial charge in [0, 0.05) is 17.3 Å².